The van der Waals surface area contributed by atoms with Gasteiger partial charge < -0.3 is 14.7 Å². The van der Waals surface area contributed by atoms with E-state index >= 15 is 0 Å². The first-order valence-electron chi connectivity index (χ1n) is 11.2. The fourth-order valence-electron chi connectivity index (χ4n) is 5.34. The van der Waals surface area contributed by atoms with Crippen LogP contribution in [0.1, 0.15) is 42.1 Å². The van der Waals surface area contributed by atoms with Gasteiger partial charge in [-0.25, -0.2) is 12.4 Å². The quantitative estimate of drug-likeness (QED) is 0.573. The van der Waals surface area contributed by atoms with E-state index in [2.05, 4.69) is 0 Å². The highest BCUT2D eigenvalue weighted by atomic mass is 32.2. The van der Waals surface area contributed by atoms with Gasteiger partial charge in [-0.2, -0.15) is 0 Å². The van der Waals surface area contributed by atoms with Crippen LogP contribution in [0.15, 0.2) is 53.4 Å². The molecule has 0 unspecified atom stereocenters. The number of carbonyl (C=O) groups is 2. The van der Waals surface area contributed by atoms with Crippen molar-refractivity contribution in [3.63, 3.8) is 0 Å². The zero-order valence-electron chi connectivity index (χ0n) is 19.0. The third-order valence-electron chi connectivity index (χ3n) is 6.99. The number of para-hydroxylation sites is 1. The van der Waals surface area contributed by atoms with Gasteiger partial charge in [0, 0.05) is 18.4 Å². The molecule has 2 atom stereocenters. The van der Waals surface area contributed by atoms with Crippen molar-refractivity contribution in [3.8, 4) is 0 Å². The number of benzene rings is 2. The maximum atomic E-state index is 14.0. The third-order valence-corrected chi connectivity index (χ3v) is 8.73. The summed E-state index contributed by atoms with van der Waals surface area (Å²) >= 11 is 0. The number of methoxy groups -OCH3 is 1. The summed E-state index contributed by atoms with van der Waals surface area (Å²) in [6.45, 7) is 2.21. The molecule has 0 spiro atoms. The summed E-state index contributed by atoms with van der Waals surface area (Å²) in [4.78, 5) is 26.8. The second-order valence-corrected chi connectivity index (χ2v) is 10.8. The van der Waals surface area contributed by atoms with Gasteiger partial charge in [-0.05, 0) is 43.5 Å². The molecule has 0 aliphatic carbocycles. The Kier molecular flexibility index (Phi) is 5.29. The van der Waals surface area contributed by atoms with Crippen molar-refractivity contribution in [3.05, 3.63) is 65.4 Å². The summed E-state index contributed by atoms with van der Waals surface area (Å²) in [6, 6.07) is 12.8. The number of fused-ring (bicyclic) bond motifs is 5. The number of nitrogens with zero attached hydrogens (tertiary/aromatic N) is 2. The van der Waals surface area contributed by atoms with Gasteiger partial charge in [-0.15, -0.1) is 0 Å². The minimum atomic E-state index is -4.08. The molecule has 8 nitrogen and oxygen atoms in total. The summed E-state index contributed by atoms with van der Waals surface area (Å²) in [7, 11) is -2.84. The second kappa shape index (κ2) is 7.95. The maximum Gasteiger partial charge on any atom is 0.308 e. The van der Waals surface area contributed by atoms with E-state index in [1.165, 1.54) is 16.0 Å². The standard InChI is InChI=1S/C25H26N2O6S/c1-16-7-9-17(10-8-16)34(31,32)27-20-6-4-3-5-18(20)19-12-14-26-21(28)11-13-25(30,15-22(29)33-2)24(26)23(19)27/h3-10,24,30H,11-15H2,1-2H3/t24-,25-/m1/s1. The number of amides is 1. The Balaban J connectivity index is 1.82. The van der Waals surface area contributed by atoms with Crippen LogP contribution in [0.4, 0.5) is 0 Å². The molecule has 1 N–H and O–H groups in total. The Morgan fingerprint density at radius 2 is 1.85 bits per heavy atom. The van der Waals surface area contributed by atoms with E-state index in [1.807, 2.05) is 19.1 Å². The highest BCUT2D eigenvalue weighted by molar-refractivity contribution is 7.90. The Labute approximate surface area is 197 Å². The first-order valence-corrected chi connectivity index (χ1v) is 12.6. The summed E-state index contributed by atoms with van der Waals surface area (Å²) < 4.78 is 34.1. The molecule has 1 amide bonds. The van der Waals surface area contributed by atoms with Gasteiger partial charge in [0.05, 0.1) is 29.6 Å². The summed E-state index contributed by atoms with van der Waals surface area (Å²) in [5, 5.41) is 12.5. The predicted molar refractivity (Wildman–Crippen MR) is 125 cm³/mol. The number of rotatable bonds is 4. The van der Waals surface area contributed by atoms with Crippen LogP contribution in [0.25, 0.3) is 10.9 Å². The number of aryl methyl sites for hydroxylation is 1. The van der Waals surface area contributed by atoms with E-state index in [-0.39, 0.29) is 30.1 Å². The van der Waals surface area contributed by atoms with Crippen LogP contribution >= 0.6 is 0 Å². The van der Waals surface area contributed by atoms with Gasteiger partial charge in [0.2, 0.25) is 5.91 Å². The normalized spacial score (nSPS) is 22.4. The molecule has 178 valence electrons. The van der Waals surface area contributed by atoms with E-state index < -0.39 is 27.6 Å². The maximum absolute atomic E-state index is 14.0. The number of aliphatic hydroxyl groups is 1. The molecule has 0 bridgehead atoms. The molecule has 5 rings (SSSR count). The SMILES string of the molecule is COC(=O)C[C@]1(O)CCC(=O)N2CCc3c(n(S(=O)(=O)c4ccc(C)cc4)c4ccccc34)[C@@H]21. The van der Waals surface area contributed by atoms with Crippen molar-refractivity contribution in [2.45, 2.75) is 49.1 Å². The monoisotopic (exact) mass is 482 g/mol. The van der Waals surface area contributed by atoms with Gasteiger partial charge in [-0.1, -0.05) is 35.9 Å². The summed E-state index contributed by atoms with van der Waals surface area (Å²) in [6.07, 6.45) is 0.213. The first-order chi connectivity index (χ1) is 16.2. The number of hydrogen-bond donors (Lipinski definition) is 1. The van der Waals surface area contributed by atoms with Gasteiger partial charge in [0.15, 0.2) is 0 Å². The van der Waals surface area contributed by atoms with E-state index in [0.29, 0.717) is 24.2 Å². The molecule has 3 heterocycles. The van der Waals surface area contributed by atoms with Crippen LogP contribution in [-0.4, -0.2) is 53.5 Å². The number of ether oxygens (including phenoxy) is 1. The molecule has 1 fully saturated rings. The molecule has 34 heavy (non-hydrogen) atoms. The van der Waals surface area contributed by atoms with Crippen LogP contribution in [0, 0.1) is 6.92 Å². The van der Waals surface area contributed by atoms with Gasteiger partial charge in [0.25, 0.3) is 10.0 Å². The fourth-order valence-corrected chi connectivity index (χ4v) is 6.92. The van der Waals surface area contributed by atoms with E-state index in [1.54, 1.807) is 36.4 Å². The van der Waals surface area contributed by atoms with Crippen molar-refractivity contribution in [2.75, 3.05) is 13.7 Å². The molecular weight excluding hydrogens is 456 g/mol. The molecular formula is C25H26N2O6S. The molecule has 1 saturated heterocycles. The predicted octanol–water partition coefficient (Wildman–Crippen LogP) is 2.70. The number of carbonyl (C=O) groups excluding carboxylic acids is 2. The Bertz CT molecular complexity index is 1410. The summed E-state index contributed by atoms with van der Waals surface area (Å²) in [5.41, 5.74) is 0.853. The molecule has 0 radical (unpaired) electrons. The van der Waals surface area contributed by atoms with Crippen LogP contribution in [0.2, 0.25) is 0 Å². The van der Waals surface area contributed by atoms with Crippen LogP contribution < -0.4 is 0 Å². The first kappa shape index (κ1) is 22.6. The Morgan fingerprint density at radius 3 is 2.56 bits per heavy atom. The zero-order valence-corrected chi connectivity index (χ0v) is 19.8. The van der Waals surface area contributed by atoms with Crippen molar-refractivity contribution in [1.29, 1.82) is 0 Å². The van der Waals surface area contributed by atoms with Crippen molar-refractivity contribution in [2.24, 2.45) is 0 Å². The molecule has 1 aromatic heterocycles. The highest BCUT2D eigenvalue weighted by Crippen LogP contribution is 2.49. The number of hydrogen-bond acceptors (Lipinski definition) is 6. The molecule has 2 aromatic carbocycles. The van der Waals surface area contributed by atoms with Crippen LogP contribution in [0.5, 0.6) is 0 Å². The van der Waals surface area contributed by atoms with Crippen molar-refractivity contribution < 1.29 is 27.9 Å². The largest absolute Gasteiger partial charge is 0.469 e. The summed E-state index contributed by atoms with van der Waals surface area (Å²) in [5.74, 6) is -0.789. The molecule has 0 saturated carbocycles. The second-order valence-electron chi connectivity index (χ2n) is 9.06. The highest BCUT2D eigenvalue weighted by Gasteiger charge is 2.53. The average Bonchev–Trinajstić information content (AvgIpc) is 3.17. The van der Waals surface area contributed by atoms with Crippen LogP contribution in [-0.2, 0) is 30.8 Å². The third kappa shape index (κ3) is 3.33. The van der Waals surface area contributed by atoms with Crippen LogP contribution in [0.3, 0.4) is 0 Å². The van der Waals surface area contributed by atoms with E-state index in [0.717, 1.165) is 16.5 Å². The number of piperidine rings is 1. The lowest BCUT2D eigenvalue weighted by molar-refractivity contribution is -0.165. The molecule has 2 aliphatic heterocycles. The van der Waals surface area contributed by atoms with Crippen molar-refractivity contribution >= 4 is 32.8 Å². The lowest BCUT2D eigenvalue weighted by Gasteiger charge is -2.49. The van der Waals surface area contributed by atoms with Gasteiger partial charge in [0.1, 0.15) is 11.6 Å². The lowest BCUT2D eigenvalue weighted by atomic mass is 9.76. The van der Waals surface area contributed by atoms with E-state index in [9.17, 15) is 23.1 Å². The molecule has 2 aliphatic rings. The topological polar surface area (TPSA) is 106 Å². The fraction of sp³-hybridized carbons (Fsp3) is 0.360. The Hall–Kier alpha value is -3.17. The minimum absolute atomic E-state index is 0.0354. The zero-order chi connectivity index (χ0) is 24.3. The number of aromatic nitrogens is 1. The molecule has 3 aromatic rings. The lowest BCUT2D eigenvalue weighted by Crippen LogP contribution is -2.57. The van der Waals surface area contributed by atoms with Gasteiger partial charge >= 0.3 is 5.97 Å². The van der Waals surface area contributed by atoms with E-state index in [4.69, 9.17) is 4.74 Å². The smallest absolute Gasteiger partial charge is 0.308 e. The molecule has 9 heteroatoms. The number of esters is 1. The minimum Gasteiger partial charge on any atom is -0.469 e. The average molecular weight is 483 g/mol. The Morgan fingerprint density at radius 1 is 1.15 bits per heavy atom. The van der Waals surface area contributed by atoms with Gasteiger partial charge in [-0.3, -0.25) is 9.59 Å². The van der Waals surface area contributed by atoms with Crippen molar-refractivity contribution in [1.82, 2.24) is 8.87 Å².